The summed E-state index contributed by atoms with van der Waals surface area (Å²) in [5.74, 6) is -2.08. The van der Waals surface area contributed by atoms with Gasteiger partial charge in [0.15, 0.2) is 0 Å². The molecule has 0 aromatic heterocycles. The molecular weight excluding hydrogens is 274 g/mol. The lowest BCUT2D eigenvalue weighted by atomic mass is 10.2. The van der Waals surface area contributed by atoms with E-state index in [1.54, 1.807) is 12.1 Å². The number of carboxylic acids is 1. The molecule has 0 heterocycles. The summed E-state index contributed by atoms with van der Waals surface area (Å²) in [7, 11) is 0. The Labute approximate surface area is 122 Å². The van der Waals surface area contributed by atoms with Crippen molar-refractivity contribution in [2.24, 2.45) is 5.73 Å². The second-order valence-corrected chi connectivity index (χ2v) is 4.48. The number of aliphatic carboxylic acids is 1. The van der Waals surface area contributed by atoms with Gasteiger partial charge in [-0.1, -0.05) is 18.2 Å². The van der Waals surface area contributed by atoms with Gasteiger partial charge in [-0.2, -0.15) is 0 Å². The van der Waals surface area contributed by atoms with Crippen molar-refractivity contribution in [2.45, 2.75) is 6.92 Å². The van der Waals surface area contributed by atoms with Crippen LogP contribution in [0.3, 0.4) is 0 Å². The maximum atomic E-state index is 12.3. The van der Waals surface area contributed by atoms with Gasteiger partial charge in [-0.15, -0.1) is 0 Å². The van der Waals surface area contributed by atoms with Crippen molar-refractivity contribution in [3.8, 4) is 0 Å². The van der Waals surface area contributed by atoms with Crippen LogP contribution in [-0.4, -0.2) is 54.0 Å². The van der Waals surface area contributed by atoms with E-state index in [0.717, 1.165) is 5.69 Å². The molecule has 0 aliphatic carbocycles. The molecule has 7 heteroatoms. The molecule has 2 amide bonds. The zero-order valence-corrected chi connectivity index (χ0v) is 11.9. The van der Waals surface area contributed by atoms with Crippen LogP contribution in [0.5, 0.6) is 0 Å². The van der Waals surface area contributed by atoms with E-state index in [2.05, 4.69) is 0 Å². The summed E-state index contributed by atoms with van der Waals surface area (Å²) in [6, 6.07) is 9.03. The van der Waals surface area contributed by atoms with Crippen LogP contribution in [0, 0.1) is 0 Å². The van der Waals surface area contributed by atoms with Gasteiger partial charge in [-0.25, -0.2) is 0 Å². The highest BCUT2D eigenvalue weighted by atomic mass is 16.4. The molecule has 0 spiro atoms. The van der Waals surface area contributed by atoms with E-state index in [4.69, 9.17) is 10.8 Å². The molecule has 0 bridgehead atoms. The SMILES string of the molecule is CCN(C(=O)CN(CC(N)=O)CC(=O)O)c1ccccc1. The van der Waals surface area contributed by atoms with Crippen molar-refractivity contribution in [1.29, 1.82) is 0 Å². The average molecular weight is 293 g/mol. The number of carbonyl (C=O) groups is 3. The largest absolute Gasteiger partial charge is 0.480 e. The number of likely N-dealkylation sites (N-methyl/N-ethyl adjacent to an activating group) is 1. The first-order chi connectivity index (χ1) is 9.93. The molecule has 0 aliphatic rings. The Morgan fingerprint density at radius 2 is 1.71 bits per heavy atom. The molecule has 0 atom stereocenters. The quantitative estimate of drug-likeness (QED) is 0.697. The van der Waals surface area contributed by atoms with Gasteiger partial charge < -0.3 is 15.7 Å². The van der Waals surface area contributed by atoms with Crippen LogP contribution >= 0.6 is 0 Å². The number of rotatable bonds is 8. The Morgan fingerprint density at radius 1 is 1.10 bits per heavy atom. The van der Waals surface area contributed by atoms with Gasteiger partial charge >= 0.3 is 5.97 Å². The number of amides is 2. The molecule has 1 aromatic rings. The van der Waals surface area contributed by atoms with E-state index < -0.39 is 18.4 Å². The third-order valence-corrected chi connectivity index (χ3v) is 2.78. The Morgan fingerprint density at radius 3 is 2.19 bits per heavy atom. The number of primary amides is 1. The number of carboxylic acid groups (broad SMARTS) is 1. The summed E-state index contributed by atoms with van der Waals surface area (Å²) in [6.07, 6.45) is 0. The lowest BCUT2D eigenvalue weighted by Crippen LogP contribution is -2.45. The van der Waals surface area contributed by atoms with Crippen LogP contribution < -0.4 is 10.6 Å². The molecule has 0 saturated carbocycles. The van der Waals surface area contributed by atoms with Crippen molar-refractivity contribution in [3.05, 3.63) is 30.3 Å². The van der Waals surface area contributed by atoms with Gasteiger partial charge in [-0.05, 0) is 19.1 Å². The minimum absolute atomic E-state index is 0.183. The number of nitrogens with zero attached hydrogens (tertiary/aromatic N) is 2. The first-order valence-corrected chi connectivity index (χ1v) is 6.52. The normalized spacial score (nSPS) is 10.4. The monoisotopic (exact) mass is 293 g/mol. The number of hydrogen-bond acceptors (Lipinski definition) is 4. The van der Waals surface area contributed by atoms with Crippen molar-refractivity contribution in [3.63, 3.8) is 0 Å². The van der Waals surface area contributed by atoms with E-state index in [1.165, 1.54) is 9.80 Å². The third-order valence-electron chi connectivity index (χ3n) is 2.78. The summed E-state index contributed by atoms with van der Waals surface area (Å²) in [6.45, 7) is 1.39. The Balaban J connectivity index is 2.78. The number of anilines is 1. The first-order valence-electron chi connectivity index (χ1n) is 6.52. The van der Waals surface area contributed by atoms with Gasteiger partial charge in [-0.3, -0.25) is 19.3 Å². The van der Waals surface area contributed by atoms with E-state index in [-0.39, 0.29) is 19.0 Å². The highest BCUT2D eigenvalue weighted by Gasteiger charge is 2.20. The molecule has 7 nitrogen and oxygen atoms in total. The Kier molecular flexibility index (Phi) is 6.35. The van der Waals surface area contributed by atoms with Crippen molar-refractivity contribution >= 4 is 23.5 Å². The number of hydrogen-bond donors (Lipinski definition) is 2. The minimum Gasteiger partial charge on any atom is -0.480 e. The molecule has 0 aliphatic heterocycles. The fourth-order valence-electron chi connectivity index (χ4n) is 1.97. The molecule has 3 N–H and O–H groups in total. The van der Waals surface area contributed by atoms with Gasteiger partial charge in [0.1, 0.15) is 0 Å². The van der Waals surface area contributed by atoms with E-state index in [9.17, 15) is 14.4 Å². The second kappa shape index (κ2) is 8.01. The summed E-state index contributed by atoms with van der Waals surface area (Å²) < 4.78 is 0. The summed E-state index contributed by atoms with van der Waals surface area (Å²) in [5.41, 5.74) is 5.79. The summed E-state index contributed by atoms with van der Waals surface area (Å²) in [5, 5.41) is 8.80. The van der Waals surface area contributed by atoms with E-state index >= 15 is 0 Å². The maximum Gasteiger partial charge on any atom is 0.317 e. The van der Waals surface area contributed by atoms with Crippen molar-refractivity contribution < 1.29 is 19.5 Å². The van der Waals surface area contributed by atoms with Gasteiger partial charge in [0, 0.05) is 12.2 Å². The molecule has 21 heavy (non-hydrogen) atoms. The molecular formula is C14H19N3O4. The summed E-state index contributed by atoms with van der Waals surface area (Å²) >= 11 is 0. The molecule has 0 saturated heterocycles. The van der Waals surface area contributed by atoms with Crippen LogP contribution in [0.15, 0.2) is 30.3 Å². The zero-order valence-electron chi connectivity index (χ0n) is 11.9. The predicted molar refractivity (Wildman–Crippen MR) is 77.7 cm³/mol. The fraction of sp³-hybridized carbons (Fsp3) is 0.357. The lowest BCUT2D eigenvalue weighted by molar-refractivity contribution is -0.138. The standard InChI is InChI=1S/C14H19N3O4/c1-2-17(11-6-4-3-5-7-11)13(19)9-16(8-12(15)18)10-14(20)21/h3-7H,2,8-10H2,1H3,(H2,15,18)(H,20,21). The van der Waals surface area contributed by atoms with Crippen LogP contribution in [0.2, 0.25) is 0 Å². The van der Waals surface area contributed by atoms with Crippen LogP contribution in [-0.2, 0) is 14.4 Å². The number of nitrogens with two attached hydrogens (primary N) is 1. The molecule has 114 valence electrons. The molecule has 1 aromatic carbocycles. The average Bonchev–Trinajstić information content (AvgIpc) is 2.39. The number of benzene rings is 1. The van der Waals surface area contributed by atoms with E-state index in [0.29, 0.717) is 6.54 Å². The molecule has 0 unspecified atom stereocenters. The minimum atomic E-state index is -1.12. The van der Waals surface area contributed by atoms with Crippen molar-refractivity contribution in [1.82, 2.24) is 4.90 Å². The topological polar surface area (TPSA) is 104 Å². The van der Waals surface area contributed by atoms with Crippen LogP contribution in [0.4, 0.5) is 5.69 Å². The highest BCUT2D eigenvalue weighted by Crippen LogP contribution is 2.13. The molecule has 0 fully saturated rings. The van der Waals surface area contributed by atoms with Gasteiger partial charge in [0.25, 0.3) is 0 Å². The third kappa shape index (κ3) is 5.62. The number of carbonyl (C=O) groups excluding carboxylic acids is 2. The van der Waals surface area contributed by atoms with Crippen molar-refractivity contribution in [2.75, 3.05) is 31.1 Å². The lowest BCUT2D eigenvalue weighted by Gasteiger charge is -2.25. The fourth-order valence-corrected chi connectivity index (χ4v) is 1.97. The Bertz CT molecular complexity index is 488. The summed E-state index contributed by atoms with van der Waals surface area (Å²) in [4.78, 5) is 36.7. The van der Waals surface area contributed by atoms with Crippen LogP contribution in [0.1, 0.15) is 6.92 Å². The second-order valence-electron chi connectivity index (χ2n) is 4.48. The van der Waals surface area contributed by atoms with Gasteiger partial charge in [0.05, 0.1) is 19.6 Å². The number of para-hydroxylation sites is 1. The predicted octanol–water partition coefficient (Wildman–Crippen LogP) is -0.0886. The van der Waals surface area contributed by atoms with Gasteiger partial charge in [0.2, 0.25) is 11.8 Å². The zero-order chi connectivity index (χ0) is 15.8. The molecule has 0 radical (unpaired) electrons. The Hall–Kier alpha value is -2.41. The van der Waals surface area contributed by atoms with Crippen LogP contribution in [0.25, 0.3) is 0 Å². The smallest absolute Gasteiger partial charge is 0.317 e. The van der Waals surface area contributed by atoms with E-state index in [1.807, 2.05) is 25.1 Å². The maximum absolute atomic E-state index is 12.3. The highest BCUT2D eigenvalue weighted by molar-refractivity contribution is 5.95. The first kappa shape index (κ1) is 16.6. The molecule has 1 rings (SSSR count).